The Kier molecular flexibility index (Phi) is 10.4. The van der Waals surface area contributed by atoms with Crippen LogP contribution in [-0.4, -0.2) is 23.3 Å². The van der Waals surface area contributed by atoms with E-state index < -0.39 is 0 Å². The largest absolute Gasteiger partial charge is 0.396 e. The summed E-state index contributed by atoms with van der Waals surface area (Å²) in [5.41, 5.74) is 2.48. The lowest BCUT2D eigenvalue weighted by atomic mass is 9.84. The Bertz CT molecular complexity index is 699. The van der Waals surface area contributed by atoms with E-state index in [-0.39, 0.29) is 18.2 Å². The van der Waals surface area contributed by atoms with Gasteiger partial charge < -0.3 is 5.11 Å². The molecule has 26 heavy (non-hydrogen) atoms. The Hall–Kier alpha value is -2.10. The van der Waals surface area contributed by atoms with Crippen molar-refractivity contribution in [1.29, 1.82) is 0 Å². The number of aliphatic hydroxyl groups is 1. The quantitative estimate of drug-likeness (QED) is 0.402. The molecule has 3 heteroatoms. The van der Waals surface area contributed by atoms with E-state index in [4.69, 9.17) is 5.11 Å². The van der Waals surface area contributed by atoms with Crippen molar-refractivity contribution >= 4 is 11.6 Å². The molecule has 0 bridgehead atoms. The summed E-state index contributed by atoms with van der Waals surface area (Å²) in [6.07, 6.45) is 7.51. The number of allylic oxidation sites excluding steroid dienone is 4. The first kappa shape index (κ1) is 21.9. The molecular formula is C23H30O3. The SMILES string of the molecule is CC1=C(C)C(=O)C(CCCCC#CCCCC#CCCCO)=C(C)C1=O. The van der Waals surface area contributed by atoms with Crippen LogP contribution in [0.15, 0.2) is 22.3 Å². The number of hydrogen-bond donors (Lipinski definition) is 1. The Morgan fingerprint density at radius 3 is 1.73 bits per heavy atom. The van der Waals surface area contributed by atoms with E-state index in [1.807, 2.05) is 0 Å². The summed E-state index contributed by atoms with van der Waals surface area (Å²) in [5.74, 6) is 12.5. The first-order valence-corrected chi connectivity index (χ1v) is 9.49. The minimum absolute atomic E-state index is 0.0105. The molecule has 1 aliphatic rings. The molecule has 0 atom stereocenters. The number of carbonyl (C=O) groups excluding carboxylic acids is 2. The second kappa shape index (κ2) is 12.3. The summed E-state index contributed by atoms with van der Waals surface area (Å²) in [7, 11) is 0. The van der Waals surface area contributed by atoms with Gasteiger partial charge in [-0.15, -0.1) is 23.7 Å². The van der Waals surface area contributed by atoms with Gasteiger partial charge in [0, 0.05) is 54.6 Å². The number of hydrogen-bond acceptors (Lipinski definition) is 3. The summed E-state index contributed by atoms with van der Waals surface area (Å²) in [4.78, 5) is 24.4. The van der Waals surface area contributed by atoms with E-state index in [1.54, 1.807) is 20.8 Å². The zero-order valence-corrected chi connectivity index (χ0v) is 16.3. The van der Waals surface area contributed by atoms with Crippen molar-refractivity contribution in [1.82, 2.24) is 0 Å². The van der Waals surface area contributed by atoms with Gasteiger partial charge in [0.25, 0.3) is 0 Å². The van der Waals surface area contributed by atoms with Crippen molar-refractivity contribution in [2.24, 2.45) is 0 Å². The fourth-order valence-corrected chi connectivity index (χ4v) is 2.76. The van der Waals surface area contributed by atoms with E-state index in [2.05, 4.69) is 23.7 Å². The number of unbranched alkanes of at least 4 members (excludes halogenated alkanes) is 5. The van der Waals surface area contributed by atoms with Gasteiger partial charge in [0.05, 0.1) is 0 Å². The second-order valence-electron chi connectivity index (χ2n) is 6.61. The third-order valence-corrected chi connectivity index (χ3v) is 4.60. The van der Waals surface area contributed by atoms with Gasteiger partial charge in [0.2, 0.25) is 0 Å². The number of Topliss-reactive ketones (excluding diaryl/α,β-unsaturated/α-hetero) is 2. The molecule has 0 saturated heterocycles. The molecule has 1 rings (SSSR count). The van der Waals surface area contributed by atoms with Gasteiger partial charge in [-0.1, -0.05) is 0 Å². The highest BCUT2D eigenvalue weighted by molar-refractivity contribution is 6.24. The highest BCUT2D eigenvalue weighted by atomic mass is 16.2. The Balaban J connectivity index is 2.23. The average molecular weight is 354 g/mol. The topological polar surface area (TPSA) is 54.4 Å². The second-order valence-corrected chi connectivity index (χ2v) is 6.61. The van der Waals surface area contributed by atoms with Gasteiger partial charge in [-0.05, 0) is 52.9 Å². The molecule has 0 heterocycles. The van der Waals surface area contributed by atoms with E-state index >= 15 is 0 Å². The standard InChI is InChI=1S/C23H30O3/c1-18-19(2)23(26)21(20(3)22(18)25)16-14-12-10-8-6-4-5-7-9-11-13-15-17-24/h24H,4-5,7,10,12-17H2,1-3H3. The van der Waals surface area contributed by atoms with Crippen LogP contribution in [0.25, 0.3) is 0 Å². The molecule has 0 unspecified atom stereocenters. The van der Waals surface area contributed by atoms with Crippen molar-refractivity contribution in [3.8, 4) is 23.7 Å². The molecule has 140 valence electrons. The molecule has 3 nitrogen and oxygen atoms in total. The van der Waals surface area contributed by atoms with Crippen LogP contribution in [-0.2, 0) is 9.59 Å². The van der Waals surface area contributed by atoms with Crippen LogP contribution in [0.5, 0.6) is 0 Å². The maximum atomic E-state index is 12.3. The molecular weight excluding hydrogens is 324 g/mol. The maximum Gasteiger partial charge on any atom is 0.185 e. The molecule has 0 amide bonds. The average Bonchev–Trinajstić information content (AvgIpc) is 2.64. The van der Waals surface area contributed by atoms with Gasteiger partial charge in [0.15, 0.2) is 11.6 Å². The molecule has 0 spiro atoms. The smallest absolute Gasteiger partial charge is 0.185 e. The van der Waals surface area contributed by atoms with Crippen LogP contribution in [0, 0.1) is 23.7 Å². The minimum Gasteiger partial charge on any atom is -0.396 e. The lowest BCUT2D eigenvalue weighted by Crippen LogP contribution is -2.20. The monoisotopic (exact) mass is 354 g/mol. The zero-order chi connectivity index (χ0) is 19.4. The summed E-state index contributed by atoms with van der Waals surface area (Å²) < 4.78 is 0. The predicted octanol–water partition coefficient (Wildman–Crippen LogP) is 4.30. The van der Waals surface area contributed by atoms with Crippen LogP contribution < -0.4 is 0 Å². The maximum absolute atomic E-state index is 12.3. The fourth-order valence-electron chi connectivity index (χ4n) is 2.76. The summed E-state index contributed by atoms with van der Waals surface area (Å²) >= 11 is 0. The highest BCUT2D eigenvalue weighted by Gasteiger charge is 2.26. The summed E-state index contributed by atoms with van der Waals surface area (Å²) in [6, 6.07) is 0. The Morgan fingerprint density at radius 1 is 0.654 bits per heavy atom. The van der Waals surface area contributed by atoms with Crippen molar-refractivity contribution in [3.05, 3.63) is 22.3 Å². The Morgan fingerprint density at radius 2 is 1.15 bits per heavy atom. The number of aliphatic hydroxyl groups excluding tert-OH is 1. The molecule has 1 N–H and O–H groups in total. The molecule has 0 aromatic rings. The van der Waals surface area contributed by atoms with E-state index in [0.717, 1.165) is 51.4 Å². The normalized spacial score (nSPS) is 14.2. The van der Waals surface area contributed by atoms with Gasteiger partial charge in [-0.2, -0.15) is 0 Å². The van der Waals surface area contributed by atoms with Crippen LogP contribution in [0.4, 0.5) is 0 Å². The number of carbonyl (C=O) groups is 2. The van der Waals surface area contributed by atoms with Crippen LogP contribution in [0.1, 0.15) is 78.6 Å². The van der Waals surface area contributed by atoms with Crippen molar-refractivity contribution < 1.29 is 14.7 Å². The van der Waals surface area contributed by atoms with Gasteiger partial charge in [-0.3, -0.25) is 9.59 Å². The molecule has 0 aromatic heterocycles. The molecule has 0 aromatic carbocycles. The lowest BCUT2D eigenvalue weighted by molar-refractivity contribution is -0.116. The molecule has 0 radical (unpaired) electrons. The minimum atomic E-state index is 0.0105. The van der Waals surface area contributed by atoms with E-state index in [0.29, 0.717) is 28.7 Å². The first-order chi connectivity index (χ1) is 12.5. The van der Waals surface area contributed by atoms with Gasteiger partial charge >= 0.3 is 0 Å². The molecule has 0 aliphatic heterocycles. The summed E-state index contributed by atoms with van der Waals surface area (Å²) in [6.45, 7) is 5.44. The first-order valence-electron chi connectivity index (χ1n) is 9.49. The number of rotatable bonds is 8. The fraction of sp³-hybridized carbons (Fsp3) is 0.565. The van der Waals surface area contributed by atoms with Crippen molar-refractivity contribution in [2.45, 2.75) is 78.6 Å². The van der Waals surface area contributed by atoms with Crippen molar-refractivity contribution in [2.75, 3.05) is 6.61 Å². The predicted molar refractivity (Wildman–Crippen MR) is 105 cm³/mol. The zero-order valence-electron chi connectivity index (χ0n) is 16.3. The van der Waals surface area contributed by atoms with Gasteiger partial charge in [0.1, 0.15) is 0 Å². The molecule has 0 fully saturated rings. The van der Waals surface area contributed by atoms with Gasteiger partial charge in [-0.25, -0.2) is 0 Å². The molecule has 1 aliphatic carbocycles. The van der Waals surface area contributed by atoms with Crippen molar-refractivity contribution in [3.63, 3.8) is 0 Å². The third-order valence-electron chi connectivity index (χ3n) is 4.60. The Labute approximate surface area is 157 Å². The van der Waals surface area contributed by atoms with Crippen LogP contribution in [0.2, 0.25) is 0 Å². The van der Waals surface area contributed by atoms with Crippen LogP contribution >= 0.6 is 0 Å². The third kappa shape index (κ3) is 7.03. The number of ketones is 2. The summed E-state index contributed by atoms with van der Waals surface area (Å²) in [5, 5.41) is 8.64. The highest BCUT2D eigenvalue weighted by Crippen LogP contribution is 2.27. The van der Waals surface area contributed by atoms with Crippen LogP contribution in [0.3, 0.4) is 0 Å². The van der Waals surface area contributed by atoms with E-state index in [9.17, 15) is 9.59 Å². The van der Waals surface area contributed by atoms with E-state index in [1.165, 1.54) is 0 Å². The molecule has 0 saturated carbocycles. The lowest BCUT2D eigenvalue weighted by Gasteiger charge is -2.18.